The molecule has 0 radical (unpaired) electrons. The summed E-state index contributed by atoms with van der Waals surface area (Å²) >= 11 is 0. The molecule has 5 nitrogen and oxygen atoms in total. The molecule has 1 aromatic carbocycles. The van der Waals surface area contributed by atoms with Gasteiger partial charge in [-0.05, 0) is 32.4 Å². The first kappa shape index (κ1) is 15.5. The van der Waals surface area contributed by atoms with Gasteiger partial charge in [-0.3, -0.25) is 11.3 Å². The maximum absolute atomic E-state index is 14.2. The van der Waals surface area contributed by atoms with Crippen LogP contribution < -0.4 is 11.3 Å². The van der Waals surface area contributed by atoms with E-state index < -0.39 is 17.7 Å². The van der Waals surface area contributed by atoms with Crippen molar-refractivity contribution in [3.05, 3.63) is 47.0 Å². The van der Waals surface area contributed by atoms with Crippen LogP contribution in [-0.2, 0) is 6.42 Å². The van der Waals surface area contributed by atoms with E-state index in [0.717, 1.165) is 0 Å². The van der Waals surface area contributed by atoms with Crippen molar-refractivity contribution in [1.29, 1.82) is 0 Å². The Morgan fingerprint density at radius 3 is 2.67 bits per heavy atom. The molecule has 0 aliphatic rings. The zero-order valence-electron chi connectivity index (χ0n) is 12.3. The van der Waals surface area contributed by atoms with E-state index >= 15 is 0 Å². The number of benzene rings is 1. The van der Waals surface area contributed by atoms with Gasteiger partial charge in [0.25, 0.3) is 0 Å². The van der Waals surface area contributed by atoms with E-state index in [1.54, 1.807) is 11.6 Å². The van der Waals surface area contributed by atoms with E-state index in [1.807, 2.05) is 13.8 Å². The van der Waals surface area contributed by atoms with Crippen LogP contribution in [0.25, 0.3) is 0 Å². The molecule has 2 aromatic rings. The van der Waals surface area contributed by atoms with Gasteiger partial charge in [0.1, 0.15) is 23.8 Å². The number of hydrazine groups is 1. The second-order valence-corrected chi connectivity index (χ2v) is 5.23. The Morgan fingerprint density at radius 1 is 1.33 bits per heavy atom. The highest BCUT2D eigenvalue weighted by molar-refractivity contribution is 5.29. The largest absolute Gasteiger partial charge is 0.271 e. The average Bonchev–Trinajstić information content (AvgIpc) is 2.90. The summed E-state index contributed by atoms with van der Waals surface area (Å²) in [7, 11) is 0. The first-order valence-corrected chi connectivity index (χ1v) is 6.74. The quantitative estimate of drug-likeness (QED) is 0.655. The van der Waals surface area contributed by atoms with Crippen LogP contribution in [0, 0.1) is 18.6 Å². The summed E-state index contributed by atoms with van der Waals surface area (Å²) in [6.45, 7) is 5.50. The van der Waals surface area contributed by atoms with Crippen molar-refractivity contribution >= 4 is 0 Å². The molecule has 1 aromatic heterocycles. The van der Waals surface area contributed by atoms with Crippen molar-refractivity contribution in [2.24, 2.45) is 5.84 Å². The highest BCUT2D eigenvalue weighted by Gasteiger charge is 2.23. The lowest BCUT2D eigenvalue weighted by Crippen LogP contribution is -2.32. The van der Waals surface area contributed by atoms with Crippen LogP contribution in [0.1, 0.15) is 42.9 Å². The Morgan fingerprint density at radius 2 is 2.05 bits per heavy atom. The third kappa shape index (κ3) is 3.08. The Labute approximate surface area is 122 Å². The van der Waals surface area contributed by atoms with Crippen LogP contribution in [-0.4, -0.2) is 14.8 Å². The zero-order valence-corrected chi connectivity index (χ0v) is 12.3. The monoisotopic (exact) mass is 295 g/mol. The molecule has 2 rings (SSSR count). The summed E-state index contributed by atoms with van der Waals surface area (Å²) in [6, 6.07) is 2.03. The first-order chi connectivity index (χ1) is 9.95. The third-order valence-corrected chi connectivity index (χ3v) is 3.39. The van der Waals surface area contributed by atoms with Gasteiger partial charge in [-0.25, -0.2) is 18.4 Å². The number of hydrogen-bond acceptors (Lipinski definition) is 4. The highest BCUT2D eigenvalue weighted by atomic mass is 19.1. The van der Waals surface area contributed by atoms with Gasteiger partial charge in [0.05, 0.1) is 6.04 Å². The topological polar surface area (TPSA) is 68.8 Å². The maximum Gasteiger partial charge on any atom is 0.138 e. The van der Waals surface area contributed by atoms with E-state index in [4.69, 9.17) is 5.84 Å². The summed E-state index contributed by atoms with van der Waals surface area (Å²) < 4.78 is 29.9. The predicted octanol–water partition coefficient (Wildman–Crippen LogP) is 2.19. The minimum atomic E-state index is -0.716. The second-order valence-electron chi connectivity index (χ2n) is 5.23. The molecular weight excluding hydrogens is 276 g/mol. The fourth-order valence-corrected chi connectivity index (χ4v) is 2.28. The van der Waals surface area contributed by atoms with Crippen LogP contribution in [0.3, 0.4) is 0 Å². The summed E-state index contributed by atoms with van der Waals surface area (Å²) in [5.74, 6) is 4.90. The molecule has 114 valence electrons. The van der Waals surface area contributed by atoms with Crippen molar-refractivity contribution in [3.63, 3.8) is 0 Å². The predicted molar refractivity (Wildman–Crippen MR) is 75.3 cm³/mol. The number of aromatic nitrogens is 3. The van der Waals surface area contributed by atoms with Crippen LogP contribution >= 0.6 is 0 Å². The van der Waals surface area contributed by atoms with Gasteiger partial charge in [-0.1, -0.05) is 6.07 Å². The van der Waals surface area contributed by atoms with E-state index in [0.29, 0.717) is 11.4 Å². The molecule has 0 saturated carbocycles. The number of nitrogens with two attached hydrogens (primary N) is 1. The molecule has 0 spiro atoms. The Bertz CT molecular complexity index is 624. The molecule has 3 N–H and O–H groups in total. The van der Waals surface area contributed by atoms with E-state index in [9.17, 15) is 8.78 Å². The summed E-state index contributed by atoms with van der Waals surface area (Å²) in [5.41, 5.74) is 2.77. The van der Waals surface area contributed by atoms with Crippen molar-refractivity contribution in [2.75, 3.05) is 0 Å². The molecule has 7 heteroatoms. The van der Waals surface area contributed by atoms with Crippen LogP contribution in [0.4, 0.5) is 8.78 Å². The minimum Gasteiger partial charge on any atom is -0.271 e. The van der Waals surface area contributed by atoms with Crippen LogP contribution in [0.2, 0.25) is 0 Å². The van der Waals surface area contributed by atoms with E-state index in [1.165, 1.54) is 18.5 Å². The molecule has 0 aliphatic carbocycles. The van der Waals surface area contributed by atoms with Gasteiger partial charge >= 0.3 is 0 Å². The molecule has 0 saturated heterocycles. The fourth-order valence-electron chi connectivity index (χ4n) is 2.28. The number of nitrogens with zero attached hydrogens (tertiary/aromatic N) is 3. The van der Waals surface area contributed by atoms with Crippen LogP contribution in [0.5, 0.6) is 0 Å². The lowest BCUT2D eigenvalue weighted by Gasteiger charge is -2.19. The van der Waals surface area contributed by atoms with Gasteiger partial charge in [-0.15, -0.1) is 0 Å². The van der Waals surface area contributed by atoms with Crippen molar-refractivity contribution in [2.45, 2.75) is 39.3 Å². The number of aryl methyl sites for hydroxylation is 1. The first-order valence-electron chi connectivity index (χ1n) is 6.74. The molecule has 0 fully saturated rings. The SMILES string of the molecule is Cc1ccc(F)c(C(Cc2ncnn2C(C)C)NN)c1F. The molecule has 21 heavy (non-hydrogen) atoms. The summed E-state index contributed by atoms with van der Waals surface area (Å²) in [6.07, 6.45) is 1.66. The molecular formula is C14H19F2N5. The molecule has 0 aliphatic heterocycles. The Kier molecular flexibility index (Phi) is 4.64. The molecule has 1 atom stereocenters. The van der Waals surface area contributed by atoms with Crippen molar-refractivity contribution in [1.82, 2.24) is 20.2 Å². The van der Waals surface area contributed by atoms with Gasteiger partial charge in [0, 0.05) is 18.0 Å². The standard InChI is InChI=1S/C14H19F2N5/c1-8(2)21-12(18-7-19-21)6-11(20-17)13-10(15)5-4-9(3)14(13)16/h4-5,7-8,11,20H,6,17H2,1-3H3. The fraction of sp³-hybridized carbons (Fsp3) is 0.429. The minimum absolute atomic E-state index is 0.0733. The molecule has 1 heterocycles. The van der Waals surface area contributed by atoms with Gasteiger partial charge in [0.2, 0.25) is 0 Å². The Balaban J connectivity index is 2.37. The number of rotatable bonds is 5. The molecule has 0 bridgehead atoms. The van der Waals surface area contributed by atoms with Crippen molar-refractivity contribution < 1.29 is 8.78 Å². The van der Waals surface area contributed by atoms with E-state index in [-0.39, 0.29) is 18.0 Å². The lowest BCUT2D eigenvalue weighted by molar-refractivity contribution is 0.439. The number of hydrogen-bond donors (Lipinski definition) is 2. The zero-order chi connectivity index (χ0) is 15.6. The molecule has 0 amide bonds. The van der Waals surface area contributed by atoms with Crippen LogP contribution in [0.15, 0.2) is 18.5 Å². The highest BCUT2D eigenvalue weighted by Crippen LogP contribution is 2.25. The average molecular weight is 295 g/mol. The molecule has 1 unspecified atom stereocenters. The smallest absolute Gasteiger partial charge is 0.138 e. The van der Waals surface area contributed by atoms with E-state index in [2.05, 4.69) is 15.5 Å². The lowest BCUT2D eigenvalue weighted by atomic mass is 10.00. The number of nitrogens with one attached hydrogen (secondary N) is 1. The van der Waals surface area contributed by atoms with Gasteiger partial charge in [0.15, 0.2) is 0 Å². The van der Waals surface area contributed by atoms with Gasteiger partial charge < -0.3 is 0 Å². The summed E-state index contributed by atoms with van der Waals surface area (Å²) in [5, 5.41) is 4.11. The van der Waals surface area contributed by atoms with Gasteiger partial charge in [-0.2, -0.15) is 5.10 Å². The van der Waals surface area contributed by atoms with Crippen molar-refractivity contribution in [3.8, 4) is 0 Å². The summed E-state index contributed by atoms with van der Waals surface area (Å²) in [4.78, 5) is 4.14. The maximum atomic E-state index is 14.2. The second kappa shape index (κ2) is 6.28. The Hall–Kier alpha value is -1.86. The number of halogens is 2. The third-order valence-electron chi connectivity index (χ3n) is 3.39. The normalized spacial score (nSPS) is 12.9.